The van der Waals surface area contributed by atoms with Crippen molar-refractivity contribution in [3.05, 3.63) is 82.6 Å². The summed E-state index contributed by atoms with van der Waals surface area (Å²) in [6.45, 7) is 6.03. The molecule has 0 amide bonds. The van der Waals surface area contributed by atoms with Crippen molar-refractivity contribution in [2.45, 2.75) is 32.8 Å². The molecule has 0 saturated carbocycles. The molecule has 0 bridgehead atoms. The van der Waals surface area contributed by atoms with Crippen molar-refractivity contribution in [2.75, 3.05) is 11.9 Å². The Morgan fingerprint density at radius 2 is 1.86 bits per heavy atom. The van der Waals surface area contributed by atoms with Crippen LogP contribution in [0, 0.1) is 13.8 Å². The number of aryl methyl sites for hydroxylation is 2. The second kappa shape index (κ2) is 7.24. The first kappa shape index (κ1) is 19.0. The van der Waals surface area contributed by atoms with Crippen molar-refractivity contribution in [3.63, 3.8) is 0 Å². The minimum Gasteiger partial charge on any atom is -0.463 e. The maximum absolute atomic E-state index is 12.5. The summed E-state index contributed by atoms with van der Waals surface area (Å²) < 4.78 is 11.1. The molecule has 0 radical (unpaired) electrons. The average molecular weight is 389 g/mol. The van der Waals surface area contributed by atoms with Crippen molar-refractivity contribution in [3.8, 4) is 0 Å². The zero-order valence-electron chi connectivity index (χ0n) is 16.7. The lowest BCUT2D eigenvalue weighted by molar-refractivity contribution is -0.143. The van der Waals surface area contributed by atoms with Crippen molar-refractivity contribution in [1.82, 2.24) is 0 Å². The van der Waals surface area contributed by atoms with Gasteiger partial charge >= 0.3 is 11.9 Å². The lowest BCUT2D eigenvalue weighted by Gasteiger charge is -2.40. The third kappa shape index (κ3) is 3.23. The van der Waals surface area contributed by atoms with Gasteiger partial charge in [0.1, 0.15) is 0 Å². The second-order valence-electron chi connectivity index (χ2n) is 7.35. The highest BCUT2D eigenvalue weighted by molar-refractivity contribution is 6.06. The third-order valence-corrected chi connectivity index (χ3v) is 5.40. The normalized spacial score (nSPS) is 21.0. The number of rotatable bonds is 4. The van der Waals surface area contributed by atoms with Gasteiger partial charge in [0.25, 0.3) is 0 Å². The smallest absolute Gasteiger partial charge is 0.332 e. The fourth-order valence-electron chi connectivity index (χ4n) is 4.08. The van der Waals surface area contributed by atoms with Crippen LogP contribution in [0.3, 0.4) is 0 Å². The van der Waals surface area contributed by atoms with E-state index in [9.17, 15) is 9.59 Å². The van der Waals surface area contributed by atoms with Gasteiger partial charge in [-0.3, -0.25) is 0 Å². The zero-order valence-corrected chi connectivity index (χ0v) is 16.7. The van der Waals surface area contributed by atoms with Crippen LogP contribution in [0.5, 0.6) is 0 Å². The lowest BCUT2D eigenvalue weighted by Crippen LogP contribution is -2.43. The summed E-state index contributed by atoms with van der Waals surface area (Å²) in [5.74, 6) is -0.889. The van der Waals surface area contributed by atoms with Gasteiger partial charge in [-0.25, -0.2) is 9.59 Å². The van der Waals surface area contributed by atoms with Gasteiger partial charge < -0.3 is 14.8 Å². The SMILES string of the molecule is CCOC(=O)/C=C1\Nc2c(C)ccc(C)c2C2=CC(=O)OC21Cc1ccccc1. The lowest BCUT2D eigenvalue weighted by atomic mass is 9.76. The summed E-state index contributed by atoms with van der Waals surface area (Å²) in [4.78, 5) is 24.8. The molecular weight excluding hydrogens is 366 g/mol. The number of carbonyl (C=O) groups excluding carboxylic acids is 2. The number of ether oxygens (including phenoxy) is 2. The van der Waals surface area contributed by atoms with Crippen molar-refractivity contribution < 1.29 is 19.1 Å². The predicted octanol–water partition coefficient (Wildman–Crippen LogP) is 4.10. The minimum atomic E-state index is -1.10. The molecular formula is C24H23NO4. The fraction of sp³-hybridized carbons (Fsp3) is 0.250. The highest BCUT2D eigenvalue weighted by Crippen LogP contribution is 2.51. The van der Waals surface area contributed by atoms with Gasteiger partial charge in [0.2, 0.25) is 0 Å². The summed E-state index contributed by atoms with van der Waals surface area (Å²) >= 11 is 0. The molecule has 2 heterocycles. The monoisotopic (exact) mass is 389 g/mol. The van der Waals surface area contributed by atoms with Crippen LogP contribution in [0.15, 0.2) is 60.3 Å². The van der Waals surface area contributed by atoms with E-state index < -0.39 is 17.5 Å². The first-order chi connectivity index (χ1) is 13.9. The Morgan fingerprint density at radius 3 is 2.59 bits per heavy atom. The van der Waals surface area contributed by atoms with E-state index in [1.807, 2.05) is 56.3 Å². The van der Waals surface area contributed by atoms with Crippen LogP contribution in [0.1, 0.15) is 29.2 Å². The molecule has 0 aliphatic carbocycles. The van der Waals surface area contributed by atoms with E-state index in [2.05, 4.69) is 5.32 Å². The van der Waals surface area contributed by atoms with Crippen molar-refractivity contribution >= 4 is 23.2 Å². The Bertz CT molecular complexity index is 1050. The first-order valence-electron chi connectivity index (χ1n) is 9.70. The molecule has 0 aromatic heterocycles. The first-order valence-corrected chi connectivity index (χ1v) is 9.70. The molecule has 0 spiro atoms. The van der Waals surface area contributed by atoms with Crippen LogP contribution >= 0.6 is 0 Å². The molecule has 2 aromatic carbocycles. The van der Waals surface area contributed by atoms with E-state index in [0.717, 1.165) is 33.5 Å². The molecule has 0 saturated heterocycles. The van der Waals surface area contributed by atoms with Crippen molar-refractivity contribution in [1.29, 1.82) is 0 Å². The van der Waals surface area contributed by atoms with Crippen LogP contribution in [0.2, 0.25) is 0 Å². The quantitative estimate of drug-likeness (QED) is 0.630. The average Bonchev–Trinajstić information content (AvgIpc) is 3.02. The van der Waals surface area contributed by atoms with Gasteiger partial charge in [0.15, 0.2) is 5.60 Å². The highest BCUT2D eigenvalue weighted by atomic mass is 16.6. The number of fused-ring (bicyclic) bond motifs is 3. The molecule has 1 N–H and O–H groups in total. The fourth-order valence-corrected chi connectivity index (χ4v) is 4.08. The van der Waals surface area contributed by atoms with Gasteiger partial charge in [-0.05, 0) is 37.5 Å². The van der Waals surface area contributed by atoms with Gasteiger partial charge in [-0.1, -0.05) is 42.5 Å². The highest BCUT2D eigenvalue weighted by Gasteiger charge is 2.51. The molecule has 1 atom stereocenters. The summed E-state index contributed by atoms with van der Waals surface area (Å²) in [6.07, 6.45) is 3.37. The largest absolute Gasteiger partial charge is 0.463 e. The van der Waals surface area contributed by atoms with Crippen LogP contribution in [-0.4, -0.2) is 24.1 Å². The van der Waals surface area contributed by atoms with E-state index in [1.54, 1.807) is 13.0 Å². The number of nitrogens with one attached hydrogen (secondary N) is 1. The number of anilines is 1. The molecule has 2 aliphatic rings. The Hall–Kier alpha value is -3.34. The topological polar surface area (TPSA) is 64.6 Å². The summed E-state index contributed by atoms with van der Waals surface area (Å²) in [5, 5.41) is 3.39. The molecule has 5 heteroatoms. The molecule has 148 valence electrons. The number of benzene rings is 2. The Kier molecular flexibility index (Phi) is 4.74. The van der Waals surface area contributed by atoms with Crippen LogP contribution in [-0.2, 0) is 25.5 Å². The molecule has 1 unspecified atom stereocenters. The number of hydrogen-bond donors (Lipinski definition) is 1. The molecule has 4 rings (SSSR count). The van der Waals surface area contributed by atoms with Crippen molar-refractivity contribution in [2.24, 2.45) is 0 Å². The van der Waals surface area contributed by atoms with Gasteiger partial charge in [0, 0.05) is 35.4 Å². The Balaban J connectivity index is 1.94. The van der Waals surface area contributed by atoms with E-state index in [4.69, 9.17) is 9.47 Å². The molecule has 29 heavy (non-hydrogen) atoms. The van der Waals surface area contributed by atoms with Gasteiger partial charge in [0.05, 0.1) is 12.3 Å². The van der Waals surface area contributed by atoms with E-state index in [0.29, 0.717) is 12.1 Å². The number of hydrogen-bond acceptors (Lipinski definition) is 5. The second-order valence-corrected chi connectivity index (χ2v) is 7.35. The third-order valence-electron chi connectivity index (χ3n) is 5.40. The molecule has 0 fully saturated rings. The summed E-state index contributed by atoms with van der Waals surface area (Å²) in [7, 11) is 0. The minimum absolute atomic E-state index is 0.269. The van der Waals surface area contributed by atoms with Gasteiger partial charge in [-0.15, -0.1) is 0 Å². The van der Waals surface area contributed by atoms with Crippen LogP contribution in [0.25, 0.3) is 5.57 Å². The predicted molar refractivity (Wildman–Crippen MR) is 111 cm³/mol. The maximum atomic E-state index is 12.5. The van der Waals surface area contributed by atoms with Crippen LogP contribution in [0.4, 0.5) is 5.69 Å². The maximum Gasteiger partial charge on any atom is 0.332 e. The van der Waals surface area contributed by atoms with E-state index >= 15 is 0 Å². The molecule has 2 aromatic rings. The molecule has 2 aliphatic heterocycles. The zero-order chi connectivity index (χ0) is 20.6. The Labute approximate surface area is 170 Å². The summed E-state index contributed by atoms with van der Waals surface area (Å²) in [5.41, 5.74) is 5.08. The Morgan fingerprint density at radius 1 is 1.14 bits per heavy atom. The number of esters is 2. The standard InChI is InChI=1S/C24H23NO4/c1-4-28-20(26)13-19-24(14-17-8-6-5-7-9-17)18(12-21(27)29-24)22-15(2)10-11-16(3)23(22)25-19/h5-13,25H,4,14H2,1-3H3/b19-13-. The van der Waals surface area contributed by atoms with Gasteiger partial charge in [-0.2, -0.15) is 0 Å². The van der Waals surface area contributed by atoms with E-state index in [1.165, 1.54) is 6.08 Å². The number of carbonyl (C=O) groups is 2. The van der Waals surface area contributed by atoms with E-state index in [-0.39, 0.29) is 6.61 Å². The van der Waals surface area contributed by atoms with Crippen LogP contribution < -0.4 is 5.32 Å². The molecule has 5 nitrogen and oxygen atoms in total. The summed E-state index contributed by atoms with van der Waals surface area (Å²) in [6, 6.07) is 13.9.